The molecular formula is C18H18ClF2N3O3. The topological polar surface area (TPSA) is 78.5 Å². The van der Waals surface area contributed by atoms with Crippen molar-refractivity contribution in [3.8, 4) is 12.3 Å². The summed E-state index contributed by atoms with van der Waals surface area (Å²) in [5.74, 6) is -3.09. The molecule has 1 saturated heterocycles. The third-order valence-corrected chi connectivity index (χ3v) is 4.31. The molecule has 1 aromatic carbocycles. The number of amides is 3. The summed E-state index contributed by atoms with van der Waals surface area (Å²) in [5.41, 5.74) is -0.0398. The van der Waals surface area contributed by atoms with Crippen molar-refractivity contribution < 1.29 is 23.2 Å². The van der Waals surface area contributed by atoms with Gasteiger partial charge in [-0.1, -0.05) is 17.5 Å². The van der Waals surface area contributed by atoms with Gasteiger partial charge >= 0.3 is 11.8 Å². The number of hydrogen-bond acceptors (Lipinski definition) is 3. The van der Waals surface area contributed by atoms with E-state index in [4.69, 9.17) is 18.0 Å². The van der Waals surface area contributed by atoms with Crippen LogP contribution in [0.15, 0.2) is 12.1 Å². The fourth-order valence-electron chi connectivity index (χ4n) is 2.82. The highest BCUT2D eigenvalue weighted by molar-refractivity contribution is 6.35. The van der Waals surface area contributed by atoms with Crippen LogP contribution in [-0.4, -0.2) is 41.2 Å². The number of carbonyl (C=O) groups is 3. The van der Waals surface area contributed by atoms with E-state index in [0.717, 1.165) is 17.0 Å². The van der Waals surface area contributed by atoms with E-state index in [1.807, 2.05) is 0 Å². The van der Waals surface area contributed by atoms with Gasteiger partial charge in [0.25, 0.3) is 0 Å². The lowest BCUT2D eigenvalue weighted by Gasteiger charge is -2.23. The van der Waals surface area contributed by atoms with Crippen molar-refractivity contribution in [2.75, 3.05) is 11.9 Å². The lowest BCUT2D eigenvalue weighted by atomic mass is 9.99. The Morgan fingerprint density at radius 1 is 1.33 bits per heavy atom. The van der Waals surface area contributed by atoms with E-state index in [0.29, 0.717) is 0 Å². The first-order valence-corrected chi connectivity index (χ1v) is 8.56. The summed E-state index contributed by atoms with van der Waals surface area (Å²) in [5, 5.41) is 4.41. The molecule has 0 radical (unpaired) electrons. The van der Waals surface area contributed by atoms with E-state index < -0.39 is 46.3 Å². The van der Waals surface area contributed by atoms with Gasteiger partial charge in [0.2, 0.25) is 5.91 Å². The molecule has 0 spiro atoms. The Kier molecular flexibility index (Phi) is 6.39. The number of terminal acetylenes is 1. The molecular weight excluding hydrogens is 380 g/mol. The molecule has 27 heavy (non-hydrogen) atoms. The van der Waals surface area contributed by atoms with Crippen molar-refractivity contribution in [2.45, 2.75) is 32.4 Å². The third-order valence-electron chi connectivity index (χ3n) is 4.03. The molecule has 1 heterocycles. The molecule has 2 N–H and O–H groups in total. The van der Waals surface area contributed by atoms with Gasteiger partial charge < -0.3 is 15.5 Å². The minimum atomic E-state index is -1.22. The number of rotatable bonds is 3. The van der Waals surface area contributed by atoms with E-state index in [-0.39, 0.29) is 24.7 Å². The average Bonchev–Trinajstić information content (AvgIpc) is 3.02. The summed E-state index contributed by atoms with van der Waals surface area (Å²) < 4.78 is 26.7. The Labute approximate surface area is 160 Å². The van der Waals surface area contributed by atoms with Gasteiger partial charge in [-0.2, -0.15) is 0 Å². The van der Waals surface area contributed by atoms with Crippen molar-refractivity contribution in [3.63, 3.8) is 0 Å². The highest BCUT2D eigenvalue weighted by atomic mass is 35.5. The van der Waals surface area contributed by atoms with Gasteiger partial charge in [-0.3, -0.25) is 14.4 Å². The van der Waals surface area contributed by atoms with Crippen LogP contribution in [0.5, 0.6) is 0 Å². The van der Waals surface area contributed by atoms with Crippen LogP contribution in [0.1, 0.15) is 20.3 Å². The highest BCUT2D eigenvalue weighted by Crippen LogP contribution is 2.27. The van der Waals surface area contributed by atoms with Crippen LogP contribution in [0.2, 0.25) is 5.02 Å². The van der Waals surface area contributed by atoms with Crippen LogP contribution in [0.4, 0.5) is 14.5 Å². The molecule has 9 heteroatoms. The summed E-state index contributed by atoms with van der Waals surface area (Å²) >= 11 is 5.56. The summed E-state index contributed by atoms with van der Waals surface area (Å²) in [6, 6.07) is 0.691. The van der Waals surface area contributed by atoms with Crippen molar-refractivity contribution in [3.05, 3.63) is 28.8 Å². The third kappa shape index (κ3) is 4.55. The van der Waals surface area contributed by atoms with E-state index in [2.05, 4.69) is 16.6 Å². The predicted octanol–water partition coefficient (Wildman–Crippen LogP) is 1.93. The van der Waals surface area contributed by atoms with Crippen LogP contribution in [0.3, 0.4) is 0 Å². The predicted molar refractivity (Wildman–Crippen MR) is 95.7 cm³/mol. The first-order valence-electron chi connectivity index (χ1n) is 8.18. The number of nitrogens with one attached hydrogen (secondary N) is 2. The molecule has 1 aliphatic heterocycles. The zero-order chi connectivity index (χ0) is 20.3. The maximum atomic E-state index is 13.4. The van der Waals surface area contributed by atoms with Gasteiger partial charge in [0.05, 0.1) is 10.9 Å². The van der Waals surface area contributed by atoms with E-state index in [1.165, 1.54) is 0 Å². The fraction of sp³-hybridized carbons (Fsp3) is 0.389. The normalized spacial score (nSPS) is 18.9. The van der Waals surface area contributed by atoms with E-state index in [1.54, 1.807) is 13.8 Å². The SMILES string of the molecule is C#C[C@H]1C(C(=O)Nc2cc(F)c(F)c(Cl)c2)CCN1C(=O)C(=O)NC(C)C. The van der Waals surface area contributed by atoms with Crippen LogP contribution in [-0.2, 0) is 14.4 Å². The number of benzene rings is 1. The summed E-state index contributed by atoms with van der Waals surface area (Å²) in [6.45, 7) is 3.53. The van der Waals surface area contributed by atoms with E-state index >= 15 is 0 Å². The Balaban J connectivity index is 2.13. The molecule has 1 unspecified atom stereocenters. The summed E-state index contributed by atoms with van der Waals surface area (Å²) in [4.78, 5) is 37.9. The Hall–Kier alpha value is -2.66. The van der Waals surface area contributed by atoms with Gasteiger partial charge in [0, 0.05) is 24.3 Å². The van der Waals surface area contributed by atoms with Crippen molar-refractivity contribution in [1.29, 1.82) is 0 Å². The van der Waals surface area contributed by atoms with Crippen molar-refractivity contribution in [1.82, 2.24) is 10.2 Å². The van der Waals surface area contributed by atoms with Crippen LogP contribution < -0.4 is 10.6 Å². The molecule has 2 rings (SSSR count). The summed E-state index contributed by atoms with van der Waals surface area (Å²) in [7, 11) is 0. The smallest absolute Gasteiger partial charge is 0.312 e. The van der Waals surface area contributed by atoms with Crippen LogP contribution >= 0.6 is 11.6 Å². The largest absolute Gasteiger partial charge is 0.346 e. The lowest BCUT2D eigenvalue weighted by Crippen LogP contribution is -2.48. The first-order chi connectivity index (χ1) is 12.6. The molecule has 0 aliphatic carbocycles. The van der Waals surface area contributed by atoms with Gasteiger partial charge in [-0.25, -0.2) is 8.78 Å². The van der Waals surface area contributed by atoms with Crippen LogP contribution in [0.25, 0.3) is 0 Å². The quantitative estimate of drug-likeness (QED) is 0.465. The molecule has 0 saturated carbocycles. The fourth-order valence-corrected chi connectivity index (χ4v) is 3.03. The minimum Gasteiger partial charge on any atom is -0.346 e. The molecule has 0 bridgehead atoms. The first kappa shape index (κ1) is 20.6. The molecule has 3 amide bonds. The Morgan fingerprint density at radius 2 is 2.00 bits per heavy atom. The second-order valence-corrected chi connectivity index (χ2v) is 6.78. The van der Waals surface area contributed by atoms with E-state index in [9.17, 15) is 23.2 Å². The molecule has 6 nitrogen and oxygen atoms in total. The molecule has 1 aromatic rings. The lowest BCUT2D eigenvalue weighted by molar-refractivity contribution is -0.146. The molecule has 1 fully saturated rings. The van der Waals surface area contributed by atoms with Gasteiger partial charge in [0.15, 0.2) is 11.6 Å². The molecule has 144 valence electrons. The molecule has 0 aromatic heterocycles. The Bertz CT molecular complexity index is 800. The summed E-state index contributed by atoms with van der Waals surface area (Å²) in [6.07, 6.45) is 5.69. The minimum absolute atomic E-state index is 0.0398. The van der Waals surface area contributed by atoms with Gasteiger partial charge in [0.1, 0.15) is 6.04 Å². The number of anilines is 1. The van der Waals surface area contributed by atoms with Crippen molar-refractivity contribution >= 4 is 35.0 Å². The zero-order valence-corrected chi connectivity index (χ0v) is 15.4. The zero-order valence-electron chi connectivity index (χ0n) is 14.7. The monoisotopic (exact) mass is 397 g/mol. The number of carbonyl (C=O) groups excluding carboxylic acids is 3. The maximum absolute atomic E-state index is 13.4. The molecule has 2 atom stereocenters. The van der Waals surface area contributed by atoms with Gasteiger partial charge in [-0.05, 0) is 26.3 Å². The Morgan fingerprint density at radius 3 is 2.56 bits per heavy atom. The second kappa shape index (κ2) is 8.35. The number of hydrogen-bond donors (Lipinski definition) is 2. The average molecular weight is 398 g/mol. The maximum Gasteiger partial charge on any atom is 0.312 e. The molecule has 1 aliphatic rings. The van der Waals surface area contributed by atoms with Crippen molar-refractivity contribution in [2.24, 2.45) is 5.92 Å². The number of nitrogens with zero attached hydrogens (tertiary/aromatic N) is 1. The standard InChI is InChI=1S/C18H18ClF2N3O3/c1-4-14-11(5-6-24(14)18(27)17(26)22-9(2)3)16(25)23-10-7-12(19)15(21)13(20)8-10/h1,7-9,11,14H,5-6H2,2-3H3,(H,22,26)(H,23,25)/t11?,14-/m0/s1. The van der Waals surface area contributed by atoms with Crippen LogP contribution in [0, 0.1) is 29.9 Å². The highest BCUT2D eigenvalue weighted by Gasteiger charge is 2.42. The van der Waals surface area contributed by atoms with Gasteiger partial charge in [-0.15, -0.1) is 6.42 Å². The number of likely N-dealkylation sites (tertiary alicyclic amines) is 1. The number of halogens is 3. The second-order valence-electron chi connectivity index (χ2n) is 6.38.